The number of benzene rings is 3. The van der Waals surface area contributed by atoms with E-state index in [1.165, 1.54) is 0 Å². The molecule has 2 N–H and O–H groups in total. The minimum absolute atomic E-state index is 0.00332. The first-order valence-corrected chi connectivity index (χ1v) is 11.5. The van der Waals surface area contributed by atoms with Crippen LogP contribution in [0.2, 0.25) is 0 Å². The Balaban J connectivity index is 1.74. The molecule has 1 aliphatic rings. The lowest BCUT2D eigenvalue weighted by Crippen LogP contribution is -2.34. The van der Waals surface area contributed by atoms with Gasteiger partial charge in [-0.2, -0.15) is 0 Å². The number of rotatable bonds is 8. The van der Waals surface area contributed by atoms with Gasteiger partial charge in [-0.1, -0.05) is 30.3 Å². The third kappa shape index (κ3) is 5.04. The average molecular weight is 487 g/mol. The van der Waals surface area contributed by atoms with E-state index in [0.717, 1.165) is 22.5 Å². The lowest BCUT2D eigenvalue weighted by molar-refractivity contribution is -0.119. The fourth-order valence-corrected chi connectivity index (χ4v) is 4.06. The summed E-state index contributed by atoms with van der Waals surface area (Å²) in [5.74, 6) is 0.844. The quantitative estimate of drug-likeness (QED) is 0.466. The first kappa shape index (κ1) is 24.8. The third-order valence-corrected chi connectivity index (χ3v) is 5.93. The Hall–Kier alpha value is -4.30. The molecule has 0 saturated heterocycles. The Labute approximate surface area is 211 Å². The summed E-state index contributed by atoms with van der Waals surface area (Å²) < 4.78 is 10.9. The van der Waals surface area contributed by atoms with Gasteiger partial charge < -0.3 is 29.9 Å². The third-order valence-electron chi connectivity index (χ3n) is 5.93. The number of hydrogen-bond acceptors (Lipinski definition) is 6. The highest BCUT2D eigenvalue weighted by atomic mass is 16.5. The molecule has 0 aromatic heterocycles. The minimum Gasteiger partial charge on any atom is -0.493 e. The number of carbonyl (C=O) groups excluding carboxylic acids is 2. The molecule has 3 aromatic carbocycles. The molecule has 0 atom stereocenters. The number of carbonyl (C=O) groups is 2. The first-order valence-electron chi connectivity index (χ1n) is 11.5. The van der Waals surface area contributed by atoms with Crippen molar-refractivity contribution in [2.24, 2.45) is 0 Å². The molecule has 1 heterocycles. The molecule has 0 saturated carbocycles. The second-order valence-electron chi connectivity index (χ2n) is 8.69. The van der Waals surface area contributed by atoms with E-state index in [4.69, 9.17) is 9.47 Å². The molecule has 36 heavy (non-hydrogen) atoms. The first-order chi connectivity index (χ1) is 17.3. The Morgan fingerprint density at radius 2 is 1.56 bits per heavy atom. The van der Waals surface area contributed by atoms with Crippen molar-refractivity contribution in [3.63, 3.8) is 0 Å². The molecular formula is C28H30N4O4. The monoisotopic (exact) mass is 486 g/mol. The number of anilines is 3. The largest absolute Gasteiger partial charge is 0.493 e. The van der Waals surface area contributed by atoms with Crippen LogP contribution in [0.5, 0.6) is 11.5 Å². The van der Waals surface area contributed by atoms with Crippen molar-refractivity contribution in [1.82, 2.24) is 4.90 Å². The summed E-state index contributed by atoms with van der Waals surface area (Å²) in [4.78, 5) is 29.1. The molecule has 0 spiro atoms. The van der Waals surface area contributed by atoms with Crippen LogP contribution in [0.15, 0.2) is 66.7 Å². The second kappa shape index (κ2) is 10.5. The van der Waals surface area contributed by atoms with Gasteiger partial charge in [0.15, 0.2) is 11.5 Å². The van der Waals surface area contributed by atoms with Crippen molar-refractivity contribution in [2.45, 2.75) is 0 Å². The van der Waals surface area contributed by atoms with Crippen LogP contribution in [-0.2, 0) is 9.59 Å². The molecule has 0 aliphatic carbocycles. The lowest BCUT2D eigenvalue weighted by atomic mass is 9.99. The molecule has 0 fully saturated rings. The number of nitrogens with zero attached hydrogens (tertiary/aromatic N) is 2. The molecule has 0 unspecified atom stereocenters. The van der Waals surface area contributed by atoms with E-state index < -0.39 is 0 Å². The number of ether oxygens (including phenoxy) is 2. The molecule has 8 nitrogen and oxygen atoms in total. The van der Waals surface area contributed by atoms with Gasteiger partial charge in [0.05, 0.1) is 37.7 Å². The zero-order valence-corrected chi connectivity index (χ0v) is 21.1. The van der Waals surface area contributed by atoms with Crippen LogP contribution in [0.25, 0.3) is 11.3 Å². The Morgan fingerprint density at radius 3 is 2.17 bits per heavy atom. The van der Waals surface area contributed by atoms with Crippen LogP contribution in [0.3, 0.4) is 0 Å². The maximum atomic E-state index is 13.2. The van der Waals surface area contributed by atoms with E-state index in [2.05, 4.69) is 10.6 Å². The van der Waals surface area contributed by atoms with E-state index in [9.17, 15) is 9.59 Å². The molecule has 186 valence electrons. The number of nitrogens with one attached hydrogen (secondary N) is 2. The minimum atomic E-state index is -0.225. The summed E-state index contributed by atoms with van der Waals surface area (Å²) in [7, 11) is 8.60. The number of fused-ring (bicyclic) bond motifs is 1. The number of hydrogen-bond donors (Lipinski definition) is 2. The summed E-state index contributed by atoms with van der Waals surface area (Å²) in [6, 6.07) is 20.8. The summed E-state index contributed by atoms with van der Waals surface area (Å²) in [6.07, 6.45) is 0. The van der Waals surface area contributed by atoms with Crippen molar-refractivity contribution < 1.29 is 19.1 Å². The Morgan fingerprint density at radius 1 is 0.917 bits per heavy atom. The summed E-state index contributed by atoms with van der Waals surface area (Å²) in [5.41, 5.74) is 4.94. The van der Waals surface area contributed by atoms with Crippen LogP contribution in [0.4, 0.5) is 17.1 Å². The standard InChI is InChI=1S/C28H30N4O4/c1-31(2)17-25(33)32(3)20-13-11-19(12-14-20)29-27(18-9-7-6-8-10-18)26-21-15-23(35-4)24(36-5)16-22(21)30-28(26)34/h6-16,29H,17H2,1-5H3,(H,30,34)/b27-26-. The Kier molecular flexibility index (Phi) is 7.26. The Bertz CT molecular complexity index is 1300. The molecule has 4 rings (SSSR count). The van der Waals surface area contributed by atoms with Gasteiger partial charge >= 0.3 is 0 Å². The van der Waals surface area contributed by atoms with Gasteiger partial charge in [-0.15, -0.1) is 0 Å². The van der Waals surface area contributed by atoms with Gasteiger partial charge in [-0.3, -0.25) is 9.59 Å². The van der Waals surface area contributed by atoms with Crippen LogP contribution < -0.4 is 25.0 Å². The van der Waals surface area contributed by atoms with Gasteiger partial charge in [0.25, 0.3) is 5.91 Å². The van der Waals surface area contributed by atoms with Crippen molar-refractivity contribution in [3.8, 4) is 11.5 Å². The van der Waals surface area contributed by atoms with Crippen molar-refractivity contribution >= 4 is 40.1 Å². The fraction of sp³-hybridized carbons (Fsp3) is 0.214. The van der Waals surface area contributed by atoms with Crippen molar-refractivity contribution in [1.29, 1.82) is 0 Å². The number of amides is 2. The van der Waals surface area contributed by atoms with Gasteiger partial charge in [0.1, 0.15) is 0 Å². The highest BCUT2D eigenvalue weighted by Gasteiger charge is 2.30. The summed E-state index contributed by atoms with van der Waals surface area (Å²) in [5, 5.41) is 6.38. The van der Waals surface area contributed by atoms with E-state index in [-0.39, 0.29) is 11.8 Å². The van der Waals surface area contributed by atoms with Gasteiger partial charge in [0, 0.05) is 30.1 Å². The molecule has 8 heteroatoms. The maximum Gasteiger partial charge on any atom is 0.258 e. The zero-order chi connectivity index (χ0) is 25.8. The van der Waals surface area contributed by atoms with Crippen molar-refractivity contribution in [2.75, 3.05) is 57.4 Å². The highest BCUT2D eigenvalue weighted by molar-refractivity contribution is 6.37. The van der Waals surface area contributed by atoms with Crippen LogP contribution in [0, 0.1) is 0 Å². The van der Waals surface area contributed by atoms with E-state index in [1.807, 2.05) is 73.6 Å². The molecule has 2 amide bonds. The SMILES string of the molecule is COc1cc2c(cc1OC)/C(=C(/Nc1ccc(N(C)C(=O)CN(C)C)cc1)c1ccccc1)C(=O)N2. The van der Waals surface area contributed by atoms with Crippen LogP contribution >= 0.6 is 0 Å². The van der Waals surface area contributed by atoms with Gasteiger partial charge in [-0.25, -0.2) is 0 Å². The summed E-state index contributed by atoms with van der Waals surface area (Å²) >= 11 is 0. The van der Waals surface area contributed by atoms with Gasteiger partial charge in [-0.05, 0) is 50.0 Å². The topological polar surface area (TPSA) is 83.1 Å². The molecule has 3 aromatic rings. The van der Waals surface area contributed by atoms with E-state index in [1.54, 1.807) is 38.3 Å². The van der Waals surface area contributed by atoms with E-state index in [0.29, 0.717) is 35.0 Å². The number of likely N-dealkylation sites (N-methyl/N-ethyl adjacent to an activating group) is 2. The molecule has 0 bridgehead atoms. The molecule has 1 aliphatic heterocycles. The predicted molar refractivity (Wildman–Crippen MR) is 143 cm³/mol. The normalized spacial score (nSPS) is 13.7. The second-order valence-corrected chi connectivity index (χ2v) is 8.69. The lowest BCUT2D eigenvalue weighted by Gasteiger charge is -2.20. The molecule has 0 radical (unpaired) electrons. The van der Waals surface area contributed by atoms with Gasteiger partial charge in [0.2, 0.25) is 5.91 Å². The average Bonchev–Trinajstić information content (AvgIpc) is 3.20. The maximum absolute atomic E-state index is 13.2. The molecular weight excluding hydrogens is 456 g/mol. The van der Waals surface area contributed by atoms with Crippen molar-refractivity contribution in [3.05, 3.63) is 77.9 Å². The number of methoxy groups -OCH3 is 2. The van der Waals surface area contributed by atoms with Crippen LogP contribution in [-0.4, -0.2) is 58.6 Å². The predicted octanol–water partition coefficient (Wildman–Crippen LogP) is 4.16. The van der Waals surface area contributed by atoms with Crippen LogP contribution in [0.1, 0.15) is 11.1 Å². The van der Waals surface area contributed by atoms with E-state index >= 15 is 0 Å². The fourth-order valence-electron chi connectivity index (χ4n) is 4.06. The summed E-state index contributed by atoms with van der Waals surface area (Å²) in [6.45, 7) is 0.323. The zero-order valence-electron chi connectivity index (χ0n) is 21.1. The smallest absolute Gasteiger partial charge is 0.258 e. The highest BCUT2D eigenvalue weighted by Crippen LogP contribution is 2.43.